The Balaban J connectivity index is 2.57. The fourth-order valence-electron chi connectivity index (χ4n) is 1.25. The Hall–Kier alpha value is -1.84. The zero-order valence-electron chi connectivity index (χ0n) is 10.9. The summed E-state index contributed by atoms with van der Waals surface area (Å²) in [6, 6.07) is 4.82. The molecule has 0 radical (unpaired) electrons. The minimum atomic E-state index is -0.684. The van der Waals surface area contributed by atoms with Crippen molar-refractivity contribution in [2.24, 2.45) is 0 Å². The van der Waals surface area contributed by atoms with Crippen LogP contribution in [0, 0.1) is 3.57 Å². The van der Waals surface area contributed by atoms with Crippen molar-refractivity contribution in [3.05, 3.63) is 27.3 Å². The molecule has 1 aromatic rings. The van der Waals surface area contributed by atoms with Crippen LogP contribution < -0.4 is 15.6 Å². The molecular weight excluding hydrogens is 379 g/mol. The second-order valence-electron chi connectivity index (χ2n) is 3.60. The van der Waals surface area contributed by atoms with Crippen LogP contribution in [0.1, 0.15) is 16.8 Å². The summed E-state index contributed by atoms with van der Waals surface area (Å²) < 4.78 is 10.2. The second-order valence-corrected chi connectivity index (χ2v) is 4.77. The maximum Gasteiger partial charge on any atom is 0.315 e. The van der Waals surface area contributed by atoms with Gasteiger partial charge in [-0.25, -0.2) is 0 Å². The fraction of sp³-hybridized carbons (Fsp3) is 0.250. The van der Waals surface area contributed by atoms with Crippen LogP contribution in [0.25, 0.3) is 0 Å². The first kappa shape index (κ1) is 16.2. The molecule has 0 bridgehead atoms. The topological polar surface area (TPSA) is 93.7 Å². The Bertz CT molecular complexity index is 533. The van der Waals surface area contributed by atoms with Gasteiger partial charge in [0.25, 0.3) is 5.91 Å². The average molecular weight is 392 g/mol. The largest absolute Gasteiger partial charge is 0.496 e. The molecule has 0 unspecified atom stereocenters. The van der Waals surface area contributed by atoms with Crippen LogP contribution in [0.2, 0.25) is 0 Å². The number of benzene rings is 1. The van der Waals surface area contributed by atoms with Gasteiger partial charge in [-0.2, -0.15) is 0 Å². The number of nitrogens with one attached hydrogen (secondary N) is 2. The van der Waals surface area contributed by atoms with E-state index < -0.39 is 24.2 Å². The molecule has 2 N–H and O–H groups in total. The van der Waals surface area contributed by atoms with Crippen LogP contribution in [0.4, 0.5) is 0 Å². The van der Waals surface area contributed by atoms with E-state index in [-0.39, 0.29) is 0 Å². The molecule has 0 atom stereocenters. The molecule has 1 aromatic carbocycles. The summed E-state index contributed by atoms with van der Waals surface area (Å²) >= 11 is 2.03. The smallest absolute Gasteiger partial charge is 0.315 e. The van der Waals surface area contributed by atoms with E-state index in [4.69, 9.17) is 4.74 Å². The van der Waals surface area contributed by atoms with Gasteiger partial charge >= 0.3 is 5.97 Å². The van der Waals surface area contributed by atoms with E-state index in [0.29, 0.717) is 11.3 Å². The maximum atomic E-state index is 11.8. The molecule has 0 aliphatic rings. The van der Waals surface area contributed by atoms with Gasteiger partial charge in [-0.1, -0.05) is 0 Å². The summed E-state index contributed by atoms with van der Waals surface area (Å²) in [5.41, 5.74) is 4.68. The number of carbonyl (C=O) groups is 3. The Labute approximate surface area is 129 Å². The lowest BCUT2D eigenvalue weighted by molar-refractivity contribution is -0.144. The molecule has 0 aliphatic heterocycles. The molecule has 2 amide bonds. The number of amides is 2. The minimum Gasteiger partial charge on any atom is -0.496 e. The molecule has 0 saturated heterocycles. The highest BCUT2D eigenvalue weighted by molar-refractivity contribution is 14.1. The quantitative estimate of drug-likeness (QED) is 0.339. The van der Waals surface area contributed by atoms with E-state index in [9.17, 15) is 14.4 Å². The van der Waals surface area contributed by atoms with E-state index in [2.05, 4.69) is 15.6 Å². The number of carbonyl (C=O) groups excluding carboxylic acids is 3. The number of hydrogen-bond donors (Lipinski definition) is 2. The Morgan fingerprint density at radius 3 is 2.45 bits per heavy atom. The third-order valence-corrected chi connectivity index (χ3v) is 3.11. The second kappa shape index (κ2) is 7.68. The van der Waals surface area contributed by atoms with Gasteiger partial charge in [-0.3, -0.25) is 25.2 Å². The fourth-order valence-corrected chi connectivity index (χ4v) is 1.99. The SMILES string of the molecule is COC(=O)CC(=O)NNC(=O)c1ccc(OC)c(I)c1. The Morgan fingerprint density at radius 1 is 1.20 bits per heavy atom. The van der Waals surface area contributed by atoms with Crippen LogP contribution in [0.15, 0.2) is 18.2 Å². The summed E-state index contributed by atoms with van der Waals surface area (Å²) in [6.07, 6.45) is -0.461. The van der Waals surface area contributed by atoms with Crippen LogP contribution >= 0.6 is 22.6 Å². The first-order valence-electron chi connectivity index (χ1n) is 5.47. The highest BCUT2D eigenvalue weighted by Crippen LogP contribution is 2.21. The van der Waals surface area contributed by atoms with E-state index in [0.717, 1.165) is 3.57 Å². The lowest BCUT2D eigenvalue weighted by Gasteiger charge is -2.08. The van der Waals surface area contributed by atoms with Gasteiger partial charge in [0, 0.05) is 5.56 Å². The Morgan fingerprint density at radius 2 is 1.90 bits per heavy atom. The van der Waals surface area contributed by atoms with Crippen molar-refractivity contribution in [1.29, 1.82) is 0 Å². The molecule has 7 nitrogen and oxygen atoms in total. The molecule has 0 aliphatic carbocycles. The minimum absolute atomic E-state index is 0.355. The number of esters is 1. The number of ether oxygens (including phenoxy) is 2. The summed E-state index contributed by atoms with van der Waals surface area (Å²) in [4.78, 5) is 33.9. The van der Waals surface area contributed by atoms with Crippen molar-refractivity contribution >= 4 is 40.4 Å². The summed E-state index contributed by atoms with van der Waals surface area (Å²) in [5.74, 6) is -1.19. The Kier molecular flexibility index (Phi) is 6.22. The molecule has 20 heavy (non-hydrogen) atoms. The van der Waals surface area contributed by atoms with Crippen molar-refractivity contribution in [1.82, 2.24) is 10.9 Å². The first-order chi connectivity index (χ1) is 9.47. The molecule has 8 heteroatoms. The predicted molar refractivity (Wildman–Crippen MR) is 78.0 cm³/mol. The van der Waals surface area contributed by atoms with Gasteiger partial charge in [0.15, 0.2) is 0 Å². The standard InChI is InChI=1S/C12H13IN2O5/c1-19-9-4-3-7(5-8(9)13)12(18)15-14-10(16)6-11(17)20-2/h3-5H,6H2,1-2H3,(H,14,16)(H,15,18). The van der Waals surface area contributed by atoms with Crippen molar-refractivity contribution < 1.29 is 23.9 Å². The molecule has 0 fully saturated rings. The van der Waals surface area contributed by atoms with Gasteiger partial charge in [-0.05, 0) is 40.8 Å². The molecule has 0 aromatic heterocycles. The van der Waals surface area contributed by atoms with Crippen molar-refractivity contribution in [2.75, 3.05) is 14.2 Å². The molecule has 0 heterocycles. The van der Waals surface area contributed by atoms with Gasteiger partial charge < -0.3 is 9.47 Å². The maximum absolute atomic E-state index is 11.8. The van der Waals surface area contributed by atoms with Gasteiger partial charge in [0.1, 0.15) is 12.2 Å². The van der Waals surface area contributed by atoms with Gasteiger partial charge in [0.2, 0.25) is 5.91 Å². The molecule has 1 rings (SSSR count). The van der Waals surface area contributed by atoms with Crippen LogP contribution in [-0.2, 0) is 14.3 Å². The lowest BCUT2D eigenvalue weighted by atomic mass is 10.2. The summed E-state index contributed by atoms with van der Waals surface area (Å²) in [7, 11) is 2.71. The molecule has 0 saturated carbocycles. The van der Waals surface area contributed by atoms with Crippen LogP contribution in [-0.4, -0.2) is 32.0 Å². The number of halogens is 1. The normalized spacial score (nSPS) is 9.55. The highest BCUT2D eigenvalue weighted by Gasteiger charge is 2.12. The number of hydrazine groups is 1. The van der Waals surface area contributed by atoms with Crippen molar-refractivity contribution in [2.45, 2.75) is 6.42 Å². The summed E-state index contributed by atoms with van der Waals surface area (Å²) in [6.45, 7) is 0. The first-order valence-corrected chi connectivity index (χ1v) is 6.55. The number of hydrogen-bond acceptors (Lipinski definition) is 5. The van der Waals surface area contributed by atoms with E-state index in [1.807, 2.05) is 22.6 Å². The van der Waals surface area contributed by atoms with Crippen molar-refractivity contribution in [3.8, 4) is 5.75 Å². The average Bonchev–Trinajstić information content (AvgIpc) is 2.44. The molecule has 108 valence electrons. The van der Waals surface area contributed by atoms with Gasteiger partial charge in [-0.15, -0.1) is 0 Å². The predicted octanol–water partition coefficient (Wildman–Crippen LogP) is 0.624. The third-order valence-electron chi connectivity index (χ3n) is 2.26. The number of rotatable bonds is 4. The highest BCUT2D eigenvalue weighted by atomic mass is 127. The van der Waals surface area contributed by atoms with Crippen LogP contribution in [0.5, 0.6) is 5.75 Å². The van der Waals surface area contributed by atoms with Crippen molar-refractivity contribution in [3.63, 3.8) is 0 Å². The van der Waals surface area contributed by atoms with E-state index >= 15 is 0 Å². The monoisotopic (exact) mass is 392 g/mol. The van der Waals surface area contributed by atoms with Gasteiger partial charge in [0.05, 0.1) is 17.8 Å². The number of methoxy groups -OCH3 is 2. The van der Waals surface area contributed by atoms with Crippen LogP contribution in [0.3, 0.4) is 0 Å². The lowest BCUT2D eigenvalue weighted by Crippen LogP contribution is -2.42. The zero-order valence-corrected chi connectivity index (χ0v) is 13.0. The zero-order chi connectivity index (χ0) is 15.1. The molecular formula is C12H13IN2O5. The van der Waals surface area contributed by atoms with E-state index in [1.54, 1.807) is 18.2 Å². The third kappa shape index (κ3) is 4.68. The van der Waals surface area contributed by atoms with E-state index in [1.165, 1.54) is 14.2 Å². The summed E-state index contributed by atoms with van der Waals surface area (Å²) in [5, 5.41) is 0. The molecule has 0 spiro atoms.